The van der Waals surface area contributed by atoms with E-state index in [2.05, 4.69) is 18.5 Å². The van der Waals surface area contributed by atoms with E-state index in [4.69, 9.17) is 0 Å². The maximum atomic E-state index is 10.8. The van der Waals surface area contributed by atoms with Crippen LogP contribution in [0.5, 0.6) is 0 Å². The van der Waals surface area contributed by atoms with E-state index in [0.717, 1.165) is 12.0 Å². The van der Waals surface area contributed by atoms with Crippen LogP contribution in [0.25, 0.3) is 0 Å². The van der Waals surface area contributed by atoms with E-state index in [9.17, 15) is 4.79 Å². The molecule has 0 aromatic carbocycles. The second-order valence-corrected chi connectivity index (χ2v) is 2.77. The molecule has 0 bridgehead atoms. The molecule has 13 heavy (non-hydrogen) atoms. The van der Waals surface area contributed by atoms with E-state index in [1.807, 2.05) is 13.0 Å². The number of allylic oxidation sites excluding steroid dienone is 2. The summed E-state index contributed by atoms with van der Waals surface area (Å²) in [6.07, 6.45) is 6.15. The number of carbonyl (C=O) groups is 1. The van der Waals surface area contributed by atoms with Gasteiger partial charge in [0.1, 0.15) is 0 Å². The minimum atomic E-state index is -0.0244. The molecule has 0 aromatic heterocycles. The van der Waals surface area contributed by atoms with E-state index in [1.54, 1.807) is 12.2 Å². The molecule has 0 aliphatic heterocycles. The zero-order valence-electron chi connectivity index (χ0n) is 8.34. The number of carbonyl (C=O) groups excluding carboxylic acids is 1. The maximum absolute atomic E-state index is 10.8. The number of rotatable bonds is 5. The van der Waals surface area contributed by atoms with Gasteiger partial charge in [-0.3, -0.25) is 4.79 Å². The van der Waals surface area contributed by atoms with Crippen LogP contribution in [0.4, 0.5) is 0 Å². The van der Waals surface area contributed by atoms with Crippen LogP contribution in [-0.2, 0) is 4.79 Å². The molecule has 0 unspecified atom stereocenters. The Balaban J connectivity index is 0. The van der Waals surface area contributed by atoms with Crippen molar-refractivity contribution in [1.29, 1.82) is 0 Å². The maximum Gasteiger partial charge on any atom is 0.217 e. The zero-order chi connectivity index (χ0) is 10.3. The molecule has 0 radical (unpaired) electrons. The molecule has 0 aliphatic carbocycles. The summed E-state index contributed by atoms with van der Waals surface area (Å²) in [5, 5.41) is 2.84. The lowest BCUT2D eigenvalue weighted by Gasteiger charge is -2.16. The van der Waals surface area contributed by atoms with Crippen LogP contribution >= 0.6 is 0 Å². The highest BCUT2D eigenvalue weighted by atomic mass is 16.1. The van der Waals surface area contributed by atoms with E-state index in [1.165, 1.54) is 6.92 Å². The van der Waals surface area contributed by atoms with Crippen LogP contribution in [0, 0.1) is 0 Å². The van der Waals surface area contributed by atoms with Crippen molar-refractivity contribution in [2.24, 2.45) is 0 Å². The second kappa shape index (κ2) is 6.23. The molecule has 0 fully saturated rings. The van der Waals surface area contributed by atoms with E-state index in [0.29, 0.717) is 0 Å². The van der Waals surface area contributed by atoms with Crippen LogP contribution in [-0.4, -0.2) is 11.9 Å². The van der Waals surface area contributed by atoms with Gasteiger partial charge in [-0.15, -0.1) is 0 Å². The van der Waals surface area contributed by atoms with Gasteiger partial charge in [-0.05, 0) is 12.0 Å². The Morgan fingerprint density at radius 2 is 2.23 bits per heavy atom. The fraction of sp³-hybridized carbons (Fsp3) is 0.364. The summed E-state index contributed by atoms with van der Waals surface area (Å²) in [6, 6.07) is 0.0491. The van der Waals surface area contributed by atoms with Gasteiger partial charge in [0.25, 0.3) is 0 Å². The molecule has 0 rings (SSSR count). The summed E-state index contributed by atoms with van der Waals surface area (Å²) in [4.78, 5) is 10.8. The monoisotopic (exact) mass is 181 g/mol. The lowest BCUT2D eigenvalue weighted by Crippen LogP contribution is -2.33. The SMILES string of the molecule is C=C/C=C(\C=C)[C@@H](CC)NC(C)=O.[HH]. The lowest BCUT2D eigenvalue weighted by atomic mass is 10.0. The van der Waals surface area contributed by atoms with E-state index < -0.39 is 0 Å². The van der Waals surface area contributed by atoms with Crippen LogP contribution < -0.4 is 5.32 Å². The fourth-order valence-corrected chi connectivity index (χ4v) is 1.13. The van der Waals surface area contributed by atoms with Crippen LogP contribution in [0.15, 0.2) is 37.0 Å². The Morgan fingerprint density at radius 3 is 2.54 bits per heavy atom. The standard InChI is InChI=1S/C11H17NO.H2/c1-5-8-10(6-2)11(7-3)12-9(4)13;/h5-6,8,11H,1-2,7H2,3-4H3,(H,12,13);1H/b10-8+;/t11-;/m1./s1. The summed E-state index contributed by atoms with van der Waals surface area (Å²) >= 11 is 0. The molecular weight excluding hydrogens is 162 g/mol. The van der Waals surface area contributed by atoms with E-state index in [-0.39, 0.29) is 13.4 Å². The Hall–Kier alpha value is -1.31. The van der Waals surface area contributed by atoms with Gasteiger partial charge in [-0.1, -0.05) is 38.3 Å². The molecule has 2 nitrogen and oxygen atoms in total. The molecule has 2 heteroatoms. The van der Waals surface area contributed by atoms with Gasteiger partial charge in [-0.25, -0.2) is 0 Å². The summed E-state index contributed by atoms with van der Waals surface area (Å²) in [7, 11) is 0. The highest BCUT2D eigenvalue weighted by Gasteiger charge is 2.09. The summed E-state index contributed by atoms with van der Waals surface area (Å²) in [5.41, 5.74) is 0.993. The number of nitrogens with one attached hydrogen (secondary N) is 1. The normalized spacial score (nSPS) is 13.2. The van der Waals surface area contributed by atoms with Crippen molar-refractivity contribution < 1.29 is 6.22 Å². The molecule has 1 amide bonds. The smallest absolute Gasteiger partial charge is 0.217 e. The zero-order valence-corrected chi connectivity index (χ0v) is 8.34. The fourth-order valence-electron chi connectivity index (χ4n) is 1.13. The van der Waals surface area contributed by atoms with Crippen molar-refractivity contribution in [2.75, 3.05) is 0 Å². The van der Waals surface area contributed by atoms with Crippen molar-refractivity contribution in [2.45, 2.75) is 26.3 Å². The van der Waals surface area contributed by atoms with Gasteiger partial charge in [0, 0.05) is 8.35 Å². The third-order valence-electron chi connectivity index (χ3n) is 1.73. The Labute approximate surface area is 81.5 Å². The quantitative estimate of drug-likeness (QED) is 0.648. The first-order valence-electron chi connectivity index (χ1n) is 4.37. The van der Waals surface area contributed by atoms with Crippen molar-refractivity contribution in [1.82, 2.24) is 5.32 Å². The van der Waals surface area contributed by atoms with Gasteiger partial charge in [0.15, 0.2) is 0 Å². The molecule has 0 heterocycles. The van der Waals surface area contributed by atoms with Crippen molar-refractivity contribution in [3.8, 4) is 0 Å². The van der Waals surface area contributed by atoms with Crippen LogP contribution in [0.3, 0.4) is 0 Å². The third kappa shape index (κ3) is 4.31. The van der Waals surface area contributed by atoms with Crippen molar-refractivity contribution >= 4 is 5.91 Å². The van der Waals surface area contributed by atoms with Crippen LogP contribution in [0.2, 0.25) is 0 Å². The highest BCUT2D eigenvalue weighted by Crippen LogP contribution is 2.07. The molecule has 1 N–H and O–H groups in total. The first kappa shape index (κ1) is 11.7. The molecule has 0 spiro atoms. The minimum absolute atomic E-state index is 0. The van der Waals surface area contributed by atoms with Gasteiger partial charge >= 0.3 is 0 Å². The number of hydrogen-bond acceptors (Lipinski definition) is 1. The largest absolute Gasteiger partial charge is 0.350 e. The summed E-state index contributed by atoms with van der Waals surface area (Å²) < 4.78 is 0. The highest BCUT2D eigenvalue weighted by molar-refractivity contribution is 5.73. The predicted octanol–water partition coefficient (Wildman–Crippen LogP) is 2.45. The van der Waals surface area contributed by atoms with Crippen molar-refractivity contribution in [3.05, 3.63) is 37.0 Å². The van der Waals surface area contributed by atoms with Gasteiger partial charge < -0.3 is 5.32 Å². The summed E-state index contributed by atoms with van der Waals surface area (Å²) in [6.45, 7) is 10.8. The number of amides is 1. The van der Waals surface area contributed by atoms with Gasteiger partial charge in [0.05, 0.1) is 6.04 Å². The van der Waals surface area contributed by atoms with E-state index >= 15 is 0 Å². The molecule has 0 aromatic rings. The Morgan fingerprint density at radius 1 is 1.62 bits per heavy atom. The minimum Gasteiger partial charge on any atom is -0.350 e. The topological polar surface area (TPSA) is 29.1 Å². The van der Waals surface area contributed by atoms with Gasteiger partial charge in [-0.2, -0.15) is 0 Å². The molecular formula is C11H19NO. The average molecular weight is 181 g/mol. The molecule has 0 aliphatic rings. The van der Waals surface area contributed by atoms with Crippen molar-refractivity contribution in [3.63, 3.8) is 0 Å². The lowest BCUT2D eigenvalue weighted by molar-refractivity contribution is -0.119. The molecule has 0 saturated carbocycles. The number of hydrogen-bond donors (Lipinski definition) is 1. The Kier molecular flexibility index (Phi) is 5.60. The molecule has 0 saturated heterocycles. The van der Waals surface area contributed by atoms with Gasteiger partial charge in [0.2, 0.25) is 5.91 Å². The first-order chi connectivity index (χ1) is 6.15. The second-order valence-electron chi connectivity index (χ2n) is 2.77. The molecule has 74 valence electrons. The van der Waals surface area contributed by atoms with Crippen LogP contribution in [0.1, 0.15) is 21.7 Å². The third-order valence-corrected chi connectivity index (χ3v) is 1.73. The summed E-state index contributed by atoms with van der Waals surface area (Å²) in [5.74, 6) is -0.0244. The molecule has 1 atom stereocenters. The first-order valence-corrected chi connectivity index (χ1v) is 4.37. The predicted molar refractivity (Wildman–Crippen MR) is 58.5 cm³/mol. The Bertz CT molecular complexity index is 233. The average Bonchev–Trinajstić information content (AvgIpc) is 2.10.